The maximum atomic E-state index is 13.7. The van der Waals surface area contributed by atoms with Crippen LogP contribution >= 0.6 is 23.1 Å². The van der Waals surface area contributed by atoms with Crippen molar-refractivity contribution in [2.24, 2.45) is 0 Å². The van der Waals surface area contributed by atoms with E-state index in [1.54, 1.807) is 37.3 Å². The zero-order valence-corrected chi connectivity index (χ0v) is 14.1. The number of rotatable bonds is 6. The lowest BCUT2D eigenvalue weighted by atomic mass is 10.1. The topological polar surface area (TPSA) is 49.3 Å². The molecule has 2 rings (SSSR count). The summed E-state index contributed by atoms with van der Waals surface area (Å²) in [6, 6.07) is 9.88. The Morgan fingerprint density at radius 3 is 2.77 bits per heavy atom. The van der Waals surface area contributed by atoms with Crippen molar-refractivity contribution in [3.63, 3.8) is 0 Å². The van der Waals surface area contributed by atoms with Gasteiger partial charge in [0.05, 0.1) is 10.5 Å². The first-order valence-corrected chi connectivity index (χ1v) is 8.98. The average molecular weight is 339 g/mol. The first-order valence-electron chi connectivity index (χ1n) is 6.77. The molecule has 2 aromatic rings. The summed E-state index contributed by atoms with van der Waals surface area (Å²) in [6.45, 7) is 1.86. The van der Waals surface area contributed by atoms with Gasteiger partial charge in [0.2, 0.25) is 0 Å². The Bertz CT molecular complexity index is 655. The fourth-order valence-corrected chi connectivity index (χ4v) is 3.66. The van der Waals surface area contributed by atoms with Crippen LogP contribution in [0.5, 0.6) is 0 Å². The third kappa shape index (κ3) is 4.32. The van der Waals surface area contributed by atoms with Gasteiger partial charge in [-0.1, -0.05) is 18.2 Å². The van der Waals surface area contributed by atoms with Gasteiger partial charge >= 0.3 is 0 Å². The van der Waals surface area contributed by atoms with Crippen LogP contribution in [0.1, 0.15) is 16.6 Å². The summed E-state index contributed by atoms with van der Waals surface area (Å²) in [6.07, 6.45) is 1.90. The Labute approximate surface area is 137 Å². The molecule has 22 heavy (non-hydrogen) atoms. The number of amides is 1. The van der Waals surface area contributed by atoms with Gasteiger partial charge in [-0.15, -0.1) is 11.3 Å². The Hall–Kier alpha value is -1.37. The van der Waals surface area contributed by atoms with Gasteiger partial charge in [0.25, 0.3) is 5.91 Å². The zero-order chi connectivity index (χ0) is 16.2. The highest BCUT2D eigenvalue weighted by atomic mass is 32.2. The highest BCUT2D eigenvalue weighted by molar-refractivity contribution is 7.98. The molecule has 0 bridgehead atoms. The second-order valence-corrected chi connectivity index (χ2v) is 7.21. The van der Waals surface area contributed by atoms with Crippen LogP contribution in [0, 0.1) is 5.82 Å². The predicted molar refractivity (Wildman–Crippen MR) is 91.1 cm³/mol. The van der Waals surface area contributed by atoms with E-state index in [9.17, 15) is 14.3 Å². The molecule has 0 fully saturated rings. The molecule has 1 aromatic heterocycles. The van der Waals surface area contributed by atoms with E-state index in [1.807, 2.05) is 6.26 Å². The van der Waals surface area contributed by atoms with Crippen LogP contribution < -0.4 is 5.32 Å². The van der Waals surface area contributed by atoms with Crippen molar-refractivity contribution >= 4 is 29.0 Å². The summed E-state index contributed by atoms with van der Waals surface area (Å²) < 4.78 is 13.7. The third-order valence-corrected chi connectivity index (χ3v) is 5.08. The molecular formula is C16H18FNO2S2. The third-order valence-electron chi connectivity index (χ3n) is 3.05. The summed E-state index contributed by atoms with van der Waals surface area (Å²) >= 11 is 2.75. The van der Waals surface area contributed by atoms with Gasteiger partial charge in [0.15, 0.2) is 0 Å². The maximum Gasteiger partial charge on any atom is 0.261 e. The molecule has 1 amide bonds. The smallest absolute Gasteiger partial charge is 0.261 e. The average Bonchev–Trinajstić information content (AvgIpc) is 2.95. The summed E-state index contributed by atoms with van der Waals surface area (Å²) in [7, 11) is 0. The Morgan fingerprint density at radius 2 is 2.09 bits per heavy atom. The van der Waals surface area contributed by atoms with Crippen LogP contribution in [-0.2, 0) is 0 Å². The number of halogens is 1. The summed E-state index contributed by atoms with van der Waals surface area (Å²) in [5.74, 6) is -0.0220. The summed E-state index contributed by atoms with van der Waals surface area (Å²) in [5.41, 5.74) is -0.457. The first kappa shape index (κ1) is 17.0. The highest BCUT2D eigenvalue weighted by Gasteiger charge is 2.21. The fourth-order valence-electron chi connectivity index (χ4n) is 1.99. The van der Waals surface area contributed by atoms with E-state index < -0.39 is 5.60 Å². The second-order valence-electron chi connectivity index (χ2n) is 5.26. The molecule has 0 aliphatic rings. The molecule has 1 aromatic carbocycles. The molecule has 1 unspecified atom stereocenters. The Balaban J connectivity index is 2.05. The van der Waals surface area contributed by atoms with Crippen molar-refractivity contribution < 1.29 is 14.3 Å². The Kier molecular flexibility index (Phi) is 5.61. The van der Waals surface area contributed by atoms with Crippen molar-refractivity contribution in [2.45, 2.75) is 12.5 Å². The van der Waals surface area contributed by atoms with E-state index in [0.717, 1.165) is 0 Å². The van der Waals surface area contributed by atoms with E-state index in [-0.39, 0.29) is 18.3 Å². The van der Waals surface area contributed by atoms with Gasteiger partial charge in [-0.3, -0.25) is 4.79 Å². The number of carbonyl (C=O) groups excluding carboxylic acids is 1. The summed E-state index contributed by atoms with van der Waals surface area (Å²) in [4.78, 5) is 13.3. The molecule has 0 aliphatic carbocycles. The minimum atomic E-state index is -0.944. The molecule has 0 saturated heterocycles. The molecule has 6 heteroatoms. The van der Waals surface area contributed by atoms with Crippen LogP contribution in [0.15, 0.2) is 36.4 Å². The van der Waals surface area contributed by atoms with Crippen LogP contribution in [0.4, 0.5) is 4.39 Å². The predicted octanol–water partition coefficient (Wildman–Crippen LogP) is 3.40. The maximum absolute atomic E-state index is 13.7. The molecule has 2 N–H and O–H groups in total. The number of thioether (sulfide) groups is 1. The van der Waals surface area contributed by atoms with Gasteiger partial charge in [0.1, 0.15) is 5.82 Å². The highest BCUT2D eigenvalue weighted by Crippen LogP contribution is 2.29. The fraction of sp³-hybridized carbons (Fsp3) is 0.312. The number of thiophene rings is 1. The lowest BCUT2D eigenvalue weighted by Crippen LogP contribution is -2.42. The normalized spacial score (nSPS) is 13.6. The van der Waals surface area contributed by atoms with Crippen molar-refractivity contribution in [3.8, 4) is 10.4 Å². The minimum absolute atomic E-state index is 0.180. The van der Waals surface area contributed by atoms with Gasteiger partial charge < -0.3 is 10.4 Å². The van der Waals surface area contributed by atoms with E-state index in [0.29, 0.717) is 21.1 Å². The van der Waals surface area contributed by atoms with Crippen LogP contribution in [0.25, 0.3) is 10.4 Å². The van der Waals surface area contributed by atoms with Gasteiger partial charge in [-0.05, 0) is 31.4 Å². The van der Waals surface area contributed by atoms with Crippen LogP contribution in [-0.4, -0.2) is 35.2 Å². The molecule has 0 radical (unpaired) electrons. The van der Waals surface area contributed by atoms with Crippen molar-refractivity contribution in [1.82, 2.24) is 5.32 Å². The summed E-state index contributed by atoms with van der Waals surface area (Å²) in [5, 5.41) is 12.8. The molecule has 0 spiro atoms. The van der Waals surface area contributed by atoms with Crippen molar-refractivity contribution in [3.05, 3.63) is 47.1 Å². The molecule has 1 heterocycles. The van der Waals surface area contributed by atoms with E-state index in [2.05, 4.69) is 5.32 Å². The largest absolute Gasteiger partial charge is 0.387 e. The number of hydrogen-bond donors (Lipinski definition) is 2. The van der Waals surface area contributed by atoms with Crippen LogP contribution in [0.3, 0.4) is 0 Å². The monoisotopic (exact) mass is 339 g/mol. The molecular weight excluding hydrogens is 321 g/mol. The Morgan fingerprint density at radius 1 is 1.36 bits per heavy atom. The zero-order valence-electron chi connectivity index (χ0n) is 12.4. The molecule has 3 nitrogen and oxygen atoms in total. The van der Waals surface area contributed by atoms with E-state index >= 15 is 0 Å². The number of benzene rings is 1. The van der Waals surface area contributed by atoms with Crippen LogP contribution in [0.2, 0.25) is 0 Å². The molecule has 1 atom stereocenters. The van der Waals surface area contributed by atoms with E-state index in [1.165, 1.54) is 29.2 Å². The van der Waals surface area contributed by atoms with Gasteiger partial charge in [0, 0.05) is 22.7 Å². The van der Waals surface area contributed by atoms with Crippen molar-refractivity contribution in [2.75, 3.05) is 18.6 Å². The van der Waals surface area contributed by atoms with Gasteiger partial charge in [-0.2, -0.15) is 11.8 Å². The molecule has 118 valence electrons. The second kappa shape index (κ2) is 7.26. The minimum Gasteiger partial charge on any atom is -0.387 e. The molecule has 0 aliphatic heterocycles. The standard InChI is InChI=1S/C16H18FNO2S2/c1-16(20,10-21-2)9-18-15(19)14-8-7-13(22-14)11-5-3-4-6-12(11)17/h3-8,20H,9-10H2,1-2H3,(H,18,19). The van der Waals surface area contributed by atoms with Crippen molar-refractivity contribution in [1.29, 1.82) is 0 Å². The number of aliphatic hydroxyl groups is 1. The lowest BCUT2D eigenvalue weighted by Gasteiger charge is -2.22. The SMILES string of the molecule is CSCC(C)(O)CNC(=O)c1ccc(-c2ccccc2F)s1. The van der Waals surface area contributed by atoms with Gasteiger partial charge in [-0.25, -0.2) is 4.39 Å². The number of nitrogens with one attached hydrogen (secondary N) is 1. The first-order chi connectivity index (χ1) is 10.4. The molecule has 0 saturated carbocycles. The quantitative estimate of drug-likeness (QED) is 0.848. The lowest BCUT2D eigenvalue weighted by molar-refractivity contribution is 0.0727. The van der Waals surface area contributed by atoms with E-state index in [4.69, 9.17) is 0 Å². The number of carbonyl (C=O) groups is 1. The number of hydrogen-bond acceptors (Lipinski definition) is 4.